The lowest BCUT2D eigenvalue weighted by Crippen LogP contribution is -1.86. The molecule has 0 radical (unpaired) electrons. The van der Waals surface area contributed by atoms with Gasteiger partial charge in [-0.15, -0.1) is 0 Å². The average molecular weight is 214 g/mol. The average Bonchev–Trinajstić information content (AvgIpc) is 2.03. The summed E-state index contributed by atoms with van der Waals surface area (Å²) >= 11 is 3.46. The highest BCUT2D eigenvalue weighted by Crippen LogP contribution is 2.16. The van der Waals surface area contributed by atoms with E-state index in [-0.39, 0.29) is 0 Å². The third kappa shape index (κ3) is 2.62. The minimum Gasteiger partial charge on any atom is -0.264 e. The first-order valence-electron chi connectivity index (χ1n) is 3.93. The maximum absolute atomic E-state index is 4.01. The molecule has 0 aliphatic carbocycles. The lowest BCUT2D eigenvalue weighted by molar-refractivity contribution is 0.791. The Balaban J connectivity index is 2.62. The fraction of sp³-hybridized carbons (Fsp3) is 0.444. The molecule has 0 aliphatic heterocycles. The fourth-order valence-electron chi connectivity index (χ4n) is 0.974. The van der Waals surface area contributed by atoms with Crippen LogP contribution in [0.4, 0.5) is 0 Å². The summed E-state index contributed by atoms with van der Waals surface area (Å²) in [7, 11) is 0. The van der Waals surface area contributed by atoms with Crippen LogP contribution in [0.15, 0.2) is 22.9 Å². The quantitative estimate of drug-likeness (QED) is 0.752. The predicted molar refractivity (Wildman–Crippen MR) is 50.5 cm³/mol. The number of hydrogen-bond acceptors (Lipinski definition) is 1. The Hall–Kier alpha value is -0.370. The van der Waals surface area contributed by atoms with Gasteiger partial charge in [0, 0.05) is 16.9 Å². The lowest BCUT2D eigenvalue weighted by atomic mass is 10.1. The molecule has 0 saturated heterocycles. The van der Waals surface area contributed by atoms with E-state index in [9.17, 15) is 0 Å². The van der Waals surface area contributed by atoms with Gasteiger partial charge in [-0.1, -0.05) is 13.3 Å². The van der Waals surface area contributed by atoms with Gasteiger partial charge in [-0.2, -0.15) is 0 Å². The number of rotatable bonds is 3. The second-order valence-corrected chi connectivity index (χ2v) is 3.42. The van der Waals surface area contributed by atoms with E-state index in [0.29, 0.717) is 0 Å². The Morgan fingerprint density at radius 2 is 2.36 bits per heavy atom. The first-order chi connectivity index (χ1) is 5.34. The second-order valence-electron chi connectivity index (χ2n) is 2.57. The molecule has 1 aromatic heterocycles. The maximum Gasteiger partial charge on any atom is 0.0412 e. The van der Waals surface area contributed by atoms with Crippen LogP contribution in [0.3, 0.4) is 0 Å². The van der Waals surface area contributed by atoms with Gasteiger partial charge < -0.3 is 0 Å². The van der Waals surface area contributed by atoms with Gasteiger partial charge in [-0.3, -0.25) is 4.98 Å². The minimum atomic E-state index is 1.13. The summed E-state index contributed by atoms with van der Waals surface area (Å²) in [4.78, 5) is 4.01. The van der Waals surface area contributed by atoms with E-state index in [1.54, 1.807) is 0 Å². The normalized spacial score (nSPS) is 10.0. The molecule has 0 bridgehead atoms. The third-order valence-corrected chi connectivity index (χ3v) is 2.37. The molecule has 1 nitrogen and oxygen atoms in total. The molecule has 0 fully saturated rings. The summed E-state index contributed by atoms with van der Waals surface area (Å²) < 4.78 is 1.13. The second kappa shape index (κ2) is 4.50. The van der Waals surface area contributed by atoms with Crippen molar-refractivity contribution < 1.29 is 0 Å². The summed E-state index contributed by atoms with van der Waals surface area (Å²) in [5.41, 5.74) is 1.36. The van der Waals surface area contributed by atoms with Crippen LogP contribution in [-0.2, 0) is 6.42 Å². The Morgan fingerprint density at radius 3 is 3.00 bits per heavy atom. The van der Waals surface area contributed by atoms with E-state index in [4.69, 9.17) is 0 Å². The highest BCUT2D eigenvalue weighted by Gasteiger charge is 1.96. The van der Waals surface area contributed by atoms with Crippen molar-refractivity contribution in [2.45, 2.75) is 26.2 Å². The van der Waals surface area contributed by atoms with E-state index in [1.165, 1.54) is 18.4 Å². The molecule has 0 saturated carbocycles. The van der Waals surface area contributed by atoms with Crippen molar-refractivity contribution in [1.82, 2.24) is 4.98 Å². The summed E-state index contributed by atoms with van der Waals surface area (Å²) in [6.45, 7) is 2.20. The molecule has 0 aromatic carbocycles. The molecule has 0 N–H and O–H groups in total. The van der Waals surface area contributed by atoms with Crippen LogP contribution in [0, 0.1) is 0 Å². The largest absolute Gasteiger partial charge is 0.264 e. The molecular formula is C9H12BrN. The Morgan fingerprint density at radius 1 is 1.55 bits per heavy atom. The van der Waals surface area contributed by atoms with Crippen LogP contribution in [0.2, 0.25) is 0 Å². The number of aryl methyl sites for hydroxylation is 1. The van der Waals surface area contributed by atoms with Gasteiger partial charge in [0.05, 0.1) is 0 Å². The number of hydrogen-bond donors (Lipinski definition) is 0. The highest BCUT2D eigenvalue weighted by atomic mass is 79.9. The molecule has 1 aromatic rings. The fourth-order valence-corrected chi connectivity index (χ4v) is 1.42. The molecule has 0 spiro atoms. The Kier molecular flexibility index (Phi) is 3.57. The van der Waals surface area contributed by atoms with Crippen LogP contribution in [0.1, 0.15) is 25.3 Å². The Bertz CT molecular complexity index is 223. The van der Waals surface area contributed by atoms with E-state index in [2.05, 4.69) is 33.9 Å². The van der Waals surface area contributed by atoms with Crippen molar-refractivity contribution >= 4 is 15.9 Å². The summed E-state index contributed by atoms with van der Waals surface area (Å²) in [5, 5.41) is 0. The van der Waals surface area contributed by atoms with Crippen molar-refractivity contribution in [3.63, 3.8) is 0 Å². The summed E-state index contributed by atoms with van der Waals surface area (Å²) in [6.07, 6.45) is 7.34. The molecule has 1 rings (SSSR count). The van der Waals surface area contributed by atoms with Gasteiger partial charge in [0.15, 0.2) is 0 Å². The van der Waals surface area contributed by atoms with Crippen molar-refractivity contribution in [3.05, 3.63) is 28.5 Å². The van der Waals surface area contributed by atoms with Gasteiger partial charge in [0.1, 0.15) is 0 Å². The van der Waals surface area contributed by atoms with Gasteiger partial charge in [-0.25, -0.2) is 0 Å². The number of unbranched alkanes of at least 4 members (excludes halogenated alkanes) is 1. The molecular weight excluding hydrogens is 202 g/mol. The minimum absolute atomic E-state index is 1.13. The van der Waals surface area contributed by atoms with Crippen LogP contribution in [0.25, 0.3) is 0 Å². The molecule has 0 unspecified atom stereocenters. The molecule has 0 atom stereocenters. The topological polar surface area (TPSA) is 12.9 Å². The van der Waals surface area contributed by atoms with Crippen molar-refractivity contribution in [1.29, 1.82) is 0 Å². The lowest BCUT2D eigenvalue weighted by Gasteiger charge is -2.00. The van der Waals surface area contributed by atoms with Crippen LogP contribution in [0.5, 0.6) is 0 Å². The number of aromatic nitrogens is 1. The SMILES string of the molecule is CCCCc1ccncc1Br. The summed E-state index contributed by atoms with van der Waals surface area (Å²) in [5.74, 6) is 0. The van der Waals surface area contributed by atoms with E-state index < -0.39 is 0 Å². The third-order valence-electron chi connectivity index (χ3n) is 1.66. The molecule has 1 heterocycles. The molecule has 60 valence electrons. The van der Waals surface area contributed by atoms with Gasteiger partial charge >= 0.3 is 0 Å². The predicted octanol–water partition coefficient (Wildman–Crippen LogP) is 3.19. The van der Waals surface area contributed by atoms with Crippen molar-refractivity contribution in [3.8, 4) is 0 Å². The number of nitrogens with zero attached hydrogens (tertiary/aromatic N) is 1. The van der Waals surface area contributed by atoms with Gasteiger partial charge in [0.25, 0.3) is 0 Å². The van der Waals surface area contributed by atoms with Crippen molar-refractivity contribution in [2.24, 2.45) is 0 Å². The zero-order valence-electron chi connectivity index (χ0n) is 6.68. The summed E-state index contributed by atoms with van der Waals surface area (Å²) in [6, 6.07) is 2.07. The van der Waals surface area contributed by atoms with E-state index in [0.717, 1.165) is 10.9 Å². The maximum atomic E-state index is 4.01. The number of halogens is 1. The molecule has 0 amide bonds. The molecule has 2 heteroatoms. The molecule has 11 heavy (non-hydrogen) atoms. The Labute approximate surface area is 76.0 Å². The van der Waals surface area contributed by atoms with Crippen LogP contribution < -0.4 is 0 Å². The van der Waals surface area contributed by atoms with Crippen LogP contribution in [-0.4, -0.2) is 4.98 Å². The first-order valence-corrected chi connectivity index (χ1v) is 4.72. The standard InChI is InChI=1S/C9H12BrN/c1-2-3-4-8-5-6-11-7-9(8)10/h5-7H,2-4H2,1H3. The van der Waals surface area contributed by atoms with Crippen LogP contribution >= 0.6 is 15.9 Å². The highest BCUT2D eigenvalue weighted by molar-refractivity contribution is 9.10. The van der Waals surface area contributed by atoms with E-state index in [1.807, 2.05) is 12.4 Å². The zero-order valence-corrected chi connectivity index (χ0v) is 8.26. The van der Waals surface area contributed by atoms with Gasteiger partial charge in [-0.05, 0) is 40.4 Å². The monoisotopic (exact) mass is 213 g/mol. The molecule has 0 aliphatic rings. The van der Waals surface area contributed by atoms with E-state index >= 15 is 0 Å². The van der Waals surface area contributed by atoms with Crippen molar-refractivity contribution in [2.75, 3.05) is 0 Å². The smallest absolute Gasteiger partial charge is 0.0412 e. The van der Waals surface area contributed by atoms with Gasteiger partial charge in [0.2, 0.25) is 0 Å². The number of pyridine rings is 1. The first kappa shape index (κ1) is 8.72. The zero-order chi connectivity index (χ0) is 8.10.